The summed E-state index contributed by atoms with van der Waals surface area (Å²) in [7, 11) is -11.2. The van der Waals surface area contributed by atoms with Gasteiger partial charge in [-0.2, -0.15) is 0 Å². The molecule has 3 aromatic carbocycles. The zero-order valence-corrected chi connectivity index (χ0v) is 27.3. The normalized spacial score (nSPS) is 18.0. The standard InChI is InChI=1S/C31H42N4O6S3/c36-42(37,26-29-12-4-1-5-13-29)33-21-11-22-35(44(40,41)28-31-16-8-3-9-17-31)25-24-34(20-10-18-32-19-23-33)43(38,39)27-30-14-6-2-7-15-30/h1-9,12-17,32H,10-11,18-28H2. The molecule has 0 aromatic heterocycles. The molecule has 44 heavy (non-hydrogen) atoms. The summed E-state index contributed by atoms with van der Waals surface area (Å²) in [6.07, 6.45) is 0.750. The van der Waals surface area contributed by atoms with Crippen molar-refractivity contribution in [3.8, 4) is 0 Å². The van der Waals surface area contributed by atoms with Crippen molar-refractivity contribution in [2.75, 3.05) is 52.4 Å². The van der Waals surface area contributed by atoms with Crippen LogP contribution in [0.25, 0.3) is 0 Å². The minimum atomic E-state index is -3.84. The maximum absolute atomic E-state index is 13.7. The van der Waals surface area contributed by atoms with Gasteiger partial charge in [0.1, 0.15) is 0 Å². The minimum absolute atomic E-state index is 0.000787. The molecule has 0 spiro atoms. The smallest absolute Gasteiger partial charge is 0.218 e. The Morgan fingerprint density at radius 1 is 0.432 bits per heavy atom. The lowest BCUT2D eigenvalue weighted by Crippen LogP contribution is -2.45. The van der Waals surface area contributed by atoms with Gasteiger partial charge in [0.15, 0.2) is 0 Å². The van der Waals surface area contributed by atoms with Gasteiger partial charge in [-0.15, -0.1) is 0 Å². The molecule has 4 rings (SSSR count). The summed E-state index contributed by atoms with van der Waals surface area (Å²) < 4.78 is 85.3. The molecule has 1 aliphatic rings. The van der Waals surface area contributed by atoms with Crippen molar-refractivity contribution in [3.63, 3.8) is 0 Å². The van der Waals surface area contributed by atoms with Crippen LogP contribution in [0.5, 0.6) is 0 Å². The Labute approximate surface area is 262 Å². The Morgan fingerprint density at radius 2 is 0.773 bits per heavy atom. The van der Waals surface area contributed by atoms with Crippen LogP contribution in [-0.2, 0) is 47.3 Å². The molecule has 1 fully saturated rings. The molecule has 10 nitrogen and oxygen atoms in total. The van der Waals surface area contributed by atoms with Gasteiger partial charge in [-0.25, -0.2) is 38.2 Å². The number of hydrogen-bond acceptors (Lipinski definition) is 7. The second-order valence-electron chi connectivity index (χ2n) is 10.9. The largest absolute Gasteiger partial charge is 0.315 e. The van der Waals surface area contributed by atoms with E-state index in [1.807, 2.05) is 18.2 Å². The molecule has 3 aromatic rings. The molecule has 0 unspecified atom stereocenters. The highest BCUT2D eigenvalue weighted by atomic mass is 32.2. The van der Waals surface area contributed by atoms with E-state index < -0.39 is 30.1 Å². The van der Waals surface area contributed by atoms with E-state index in [1.165, 1.54) is 12.9 Å². The van der Waals surface area contributed by atoms with Gasteiger partial charge in [0.2, 0.25) is 30.1 Å². The maximum atomic E-state index is 13.7. The third-order valence-electron chi connectivity index (χ3n) is 7.47. The van der Waals surface area contributed by atoms with Crippen LogP contribution in [0.15, 0.2) is 91.0 Å². The molecule has 0 aliphatic carbocycles. The predicted octanol–water partition coefficient (Wildman–Crippen LogP) is 2.87. The number of nitrogens with one attached hydrogen (secondary N) is 1. The van der Waals surface area contributed by atoms with E-state index in [2.05, 4.69) is 5.32 Å². The number of hydrogen-bond donors (Lipinski definition) is 1. The van der Waals surface area contributed by atoms with Crippen LogP contribution in [0, 0.1) is 0 Å². The molecule has 240 valence electrons. The lowest BCUT2D eigenvalue weighted by Gasteiger charge is -2.29. The van der Waals surface area contributed by atoms with Crippen molar-refractivity contribution in [1.29, 1.82) is 0 Å². The SMILES string of the molecule is O=S(=O)(Cc1ccccc1)N1CCCN(S(=O)(=O)Cc2ccccc2)CCN(S(=O)(=O)Cc2ccccc2)CCCNCC1. The van der Waals surface area contributed by atoms with E-state index in [0.717, 1.165) is 0 Å². The van der Waals surface area contributed by atoms with E-state index >= 15 is 0 Å². The number of sulfonamides is 3. The second-order valence-corrected chi connectivity index (χ2v) is 16.8. The quantitative estimate of drug-likeness (QED) is 0.374. The molecular weight excluding hydrogens is 621 g/mol. The van der Waals surface area contributed by atoms with Crippen molar-refractivity contribution in [3.05, 3.63) is 108 Å². The van der Waals surface area contributed by atoms with Gasteiger partial charge in [-0.1, -0.05) is 91.0 Å². The Balaban J connectivity index is 1.55. The van der Waals surface area contributed by atoms with Crippen LogP contribution in [-0.4, -0.2) is 90.5 Å². The van der Waals surface area contributed by atoms with Gasteiger partial charge in [-0.05, 0) is 36.1 Å². The highest BCUT2D eigenvalue weighted by Gasteiger charge is 2.29. The number of rotatable bonds is 9. The fourth-order valence-corrected chi connectivity index (χ4v) is 9.85. The van der Waals surface area contributed by atoms with E-state index in [-0.39, 0.29) is 62.9 Å². The van der Waals surface area contributed by atoms with Crippen molar-refractivity contribution in [2.24, 2.45) is 0 Å². The first-order valence-electron chi connectivity index (χ1n) is 14.8. The molecule has 1 heterocycles. The van der Waals surface area contributed by atoms with Crippen LogP contribution >= 0.6 is 0 Å². The summed E-state index contributed by atoms with van der Waals surface area (Å²) >= 11 is 0. The lowest BCUT2D eigenvalue weighted by atomic mass is 10.2. The number of benzene rings is 3. The zero-order chi connectivity index (χ0) is 31.5. The molecule has 0 radical (unpaired) electrons. The molecule has 0 bridgehead atoms. The first-order chi connectivity index (χ1) is 21.1. The highest BCUT2D eigenvalue weighted by molar-refractivity contribution is 7.88. The van der Waals surface area contributed by atoms with Crippen LogP contribution in [0.4, 0.5) is 0 Å². The first kappa shape index (κ1) is 34.2. The molecule has 0 saturated carbocycles. The van der Waals surface area contributed by atoms with Gasteiger partial charge < -0.3 is 5.32 Å². The average Bonchev–Trinajstić information content (AvgIpc) is 2.98. The van der Waals surface area contributed by atoms with E-state index in [9.17, 15) is 25.3 Å². The first-order valence-corrected chi connectivity index (χ1v) is 19.6. The third-order valence-corrected chi connectivity index (χ3v) is 13.0. The molecule has 0 atom stereocenters. The van der Waals surface area contributed by atoms with Crippen LogP contribution in [0.2, 0.25) is 0 Å². The molecule has 1 saturated heterocycles. The molecule has 13 heteroatoms. The lowest BCUT2D eigenvalue weighted by molar-refractivity contribution is 0.316. The van der Waals surface area contributed by atoms with E-state index in [1.54, 1.807) is 72.8 Å². The van der Waals surface area contributed by atoms with Crippen molar-refractivity contribution in [1.82, 2.24) is 18.2 Å². The van der Waals surface area contributed by atoms with E-state index in [0.29, 0.717) is 36.2 Å². The molecule has 1 aliphatic heterocycles. The van der Waals surface area contributed by atoms with Gasteiger partial charge in [-0.3, -0.25) is 0 Å². The van der Waals surface area contributed by atoms with Gasteiger partial charge in [0.25, 0.3) is 0 Å². The van der Waals surface area contributed by atoms with Crippen molar-refractivity contribution < 1.29 is 25.3 Å². The molecular formula is C31H42N4O6S3. The Bertz CT molecular complexity index is 1620. The highest BCUT2D eigenvalue weighted by Crippen LogP contribution is 2.17. The zero-order valence-electron chi connectivity index (χ0n) is 24.9. The Hall–Kier alpha value is -2.65. The van der Waals surface area contributed by atoms with Crippen LogP contribution in [0.1, 0.15) is 29.5 Å². The molecule has 0 amide bonds. The van der Waals surface area contributed by atoms with Crippen LogP contribution in [0.3, 0.4) is 0 Å². The maximum Gasteiger partial charge on any atom is 0.218 e. The monoisotopic (exact) mass is 662 g/mol. The van der Waals surface area contributed by atoms with E-state index in [4.69, 9.17) is 0 Å². The Morgan fingerprint density at radius 3 is 1.16 bits per heavy atom. The van der Waals surface area contributed by atoms with Gasteiger partial charge in [0.05, 0.1) is 17.3 Å². The molecule has 1 N–H and O–H groups in total. The second kappa shape index (κ2) is 16.1. The fraction of sp³-hybridized carbons (Fsp3) is 0.419. The van der Waals surface area contributed by atoms with Gasteiger partial charge >= 0.3 is 0 Å². The number of nitrogens with zero attached hydrogens (tertiary/aromatic N) is 3. The van der Waals surface area contributed by atoms with Crippen molar-refractivity contribution in [2.45, 2.75) is 30.1 Å². The average molecular weight is 663 g/mol. The van der Waals surface area contributed by atoms with Crippen molar-refractivity contribution >= 4 is 30.1 Å². The summed E-state index contributed by atoms with van der Waals surface area (Å²) in [6.45, 7) is 1.48. The Kier molecular flexibility index (Phi) is 12.5. The topological polar surface area (TPSA) is 124 Å². The summed E-state index contributed by atoms with van der Waals surface area (Å²) in [5, 5.41) is 3.25. The third kappa shape index (κ3) is 10.5. The fourth-order valence-electron chi connectivity index (χ4n) is 5.15. The van der Waals surface area contributed by atoms with Gasteiger partial charge in [0, 0.05) is 45.8 Å². The summed E-state index contributed by atoms with van der Waals surface area (Å²) in [4.78, 5) is 0. The van der Waals surface area contributed by atoms with Crippen LogP contribution < -0.4 is 5.32 Å². The summed E-state index contributed by atoms with van der Waals surface area (Å²) in [5.74, 6) is -0.547. The predicted molar refractivity (Wildman–Crippen MR) is 174 cm³/mol. The summed E-state index contributed by atoms with van der Waals surface area (Å²) in [6, 6.07) is 26.7. The minimum Gasteiger partial charge on any atom is -0.315 e. The summed E-state index contributed by atoms with van der Waals surface area (Å²) in [5.41, 5.74) is 1.97.